The molecular formula is C22H18N4O4. The van der Waals surface area contributed by atoms with Gasteiger partial charge in [-0.1, -0.05) is 6.07 Å². The molecule has 1 N–H and O–H groups in total. The van der Waals surface area contributed by atoms with Crippen molar-refractivity contribution in [2.75, 3.05) is 5.01 Å². The molecule has 0 spiro atoms. The molecule has 0 atom stereocenters. The minimum Gasteiger partial charge on any atom is -0.317 e. The van der Waals surface area contributed by atoms with E-state index in [1.54, 1.807) is 41.1 Å². The number of aromatic nitrogens is 1. The van der Waals surface area contributed by atoms with Crippen LogP contribution in [0.25, 0.3) is 11.8 Å². The number of hydrazine groups is 1. The van der Waals surface area contributed by atoms with Gasteiger partial charge in [-0.3, -0.25) is 25.1 Å². The maximum atomic E-state index is 12.9. The number of amides is 2. The Kier molecular flexibility index (Phi) is 4.67. The highest BCUT2D eigenvalue weighted by molar-refractivity contribution is 6.31. The van der Waals surface area contributed by atoms with Crippen molar-refractivity contribution in [2.24, 2.45) is 0 Å². The Bertz CT molecular complexity index is 1210. The first-order valence-electron chi connectivity index (χ1n) is 9.22. The molecule has 8 heteroatoms. The third-order valence-electron chi connectivity index (χ3n) is 5.05. The number of nitro benzene ring substituents is 1. The van der Waals surface area contributed by atoms with Crippen LogP contribution < -0.4 is 10.4 Å². The zero-order valence-electron chi connectivity index (χ0n) is 16.3. The van der Waals surface area contributed by atoms with E-state index in [9.17, 15) is 19.7 Å². The molecule has 30 heavy (non-hydrogen) atoms. The maximum absolute atomic E-state index is 12.9. The molecule has 2 aromatic carbocycles. The van der Waals surface area contributed by atoms with E-state index in [0.29, 0.717) is 17.1 Å². The Balaban J connectivity index is 1.66. The third kappa shape index (κ3) is 3.35. The SMILES string of the molecule is Cc1ccc(N2NC(=O)C(=Cc3cccn3-c3ccc([N+](=O)[O-])cc3)C2=O)cc1C. The third-order valence-corrected chi connectivity index (χ3v) is 5.05. The molecule has 1 aliphatic rings. The van der Waals surface area contributed by atoms with Gasteiger partial charge in [0.15, 0.2) is 0 Å². The van der Waals surface area contributed by atoms with Crippen LogP contribution in [-0.4, -0.2) is 21.3 Å². The van der Waals surface area contributed by atoms with E-state index >= 15 is 0 Å². The van der Waals surface area contributed by atoms with Crippen LogP contribution in [-0.2, 0) is 9.59 Å². The van der Waals surface area contributed by atoms with Crippen molar-refractivity contribution in [2.45, 2.75) is 13.8 Å². The topological polar surface area (TPSA) is 97.5 Å². The number of hydrogen-bond donors (Lipinski definition) is 1. The molecule has 0 saturated carbocycles. The van der Waals surface area contributed by atoms with Gasteiger partial charge in [0.25, 0.3) is 17.5 Å². The normalized spacial score (nSPS) is 15.0. The van der Waals surface area contributed by atoms with Crippen molar-refractivity contribution in [1.82, 2.24) is 9.99 Å². The molecule has 150 valence electrons. The molecule has 1 aliphatic heterocycles. The van der Waals surface area contributed by atoms with Gasteiger partial charge in [-0.2, -0.15) is 0 Å². The zero-order valence-corrected chi connectivity index (χ0v) is 16.3. The number of rotatable bonds is 4. The van der Waals surface area contributed by atoms with Gasteiger partial charge in [0, 0.05) is 29.7 Å². The first-order chi connectivity index (χ1) is 14.3. The summed E-state index contributed by atoms with van der Waals surface area (Å²) in [7, 11) is 0. The molecule has 0 radical (unpaired) electrons. The highest BCUT2D eigenvalue weighted by Gasteiger charge is 2.34. The number of benzene rings is 2. The fourth-order valence-corrected chi connectivity index (χ4v) is 3.23. The van der Waals surface area contributed by atoms with Crippen LogP contribution in [0, 0.1) is 24.0 Å². The number of anilines is 1. The molecule has 4 rings (SSSR count). The Morgan fingerprint density at radius 2 is 1.67 bits per heavy atom. The fourth-order valence-electron chi connectivity index (χ4n) is 3.23. The molecule has 0 bridgehead atoms. The molecule has 1 aromatic heterocycles. The summed E-state index contributed by atoms with van der Waals surface area (Å²) in [5, 5.41) is 12.1. The van der Waals surface area contributed by atoms with Crippen molar-refractivity contribution in [3.05, 3.63) is 93.3 Å². The number of nitrogens with one attached hydrogen (secondary N) is 1. The van der Waals surface area contributed by atoms with E-state index in [-0.39, 0.29) is 11.3 Å². The summed E-state index contributed by atoms with van der Waals surface area (Å²) >= 11 is 0. The minimum atomic E-state index is -0.491. The van der Waals surface area contributed by atoms with E-state index in [2.05, 4.69) is 5.43 Å². The van der Waals surface area contributed by atoms with E-state index < -0.39 is 16.7 Å². The standard InChI is InChI=1S/C22H18N4O4/c1-14-5-6-19(12-15(14)2)25-22(28)20(21(27)23-25)13-18-4-3-11-24(18)16-7-9-17(10-8-16)26(29)30/h3-13H,1-2H3,(H,23,27). The van der Waals surface area contributed by atoms with Gasteiger partial charge in [-0.25, -0.2) is 5.01 Å². The van der Waals surface area contributed by atoms with Gasteiger partial charge in [-0.05, 0) is 67.4 Å². The fraction of sp³-hybridized carbons (Fsp3) is 0.0909. The average molecular weight is 402 g/mol. The number of carbonyl (C=O) groups is 2. The lowest BCUT2D eigenvalue weighted by atomic mass is 10.1. The van der Waals surface area contributed by atoms with Gasteiger partial charge in [-0.15, -0.1) is 0 Å². The lowest BCUT2D eigenvalue weighted by Crippen LogP contribution is -2.35. The predicted molar refractivity (Wildman–Crippen MR) is 112 cm³/mol. The molecule has 8 nitrogen and oxygen atoms in total. The Hall–Kier alpha value is -4.20. The summed E-state index contributed by atoms with van der Waals surface area (Å²) in [5.41, 5.74) is 6.57. The van der Waals surface area contributed by atoms with Crippen LogP contribution in [0.15, 0.2) is 66.4 Å². The second-order valence-electron chi connectivity index (χ2n) is 6.98. The summed E-state index contributed by atoms with van der Waals surface area (Å²) in [6, 6.07) is 15.1. The largest absolute Gasteiger partial charge is 0.317 e. The van der Waals surface area contributed by atoms with E-state index in [1.165, 1.54) is 23.2 Å². The van der Waals surface area contributed by atoms with Gasteiger partial charge >= 0.3 is 0 Å². The number of non-ortho nitro benzene ring substituents is 1. The van der Waals surface area contributed by atoms with Crippen molar-refractivity contribution in [3.63, 3.8) is 0 Å². The number of nitrogens with zero attached hydrogens (tertiary/aromatic N) is 3. The second-order valence-corrected chi connectivity index (χ2v) is 6.98. The zero-order chi connectivity index (χ0) is 21.4. The smallest absolute Gasteiger partial charge is 0.282 e. The molecule has 2 amide bonds. The van der Waals surface area contributed by atoms with Crippen molar-refractivity contribution < 1.29 is 14.5 Å². The van der Waals surface area contributed by atoms with Crippen LogP contribution in [0.2, 0.25) is 0 Å². The van der Waals surface area contributed by atoms with Gasteiger partial charge < -0.3 is 4.57 Å². The summed E-state index contributed by atoms with van der Waals surface area (Å²) in [6.07, 6.45) is 3.27. The van der Waals surface area contributed by atoms with Crippen LogP contribution >= 0.6 is 0 Å². The summed E-state index contributed by atoms with van der Waals surface area (Å²) < 4.78 is 1.75. The first-order valence-corrected chi connectivity index (χ1v) is 9.22. The average Bonchev–Trinajstić information content (AvgIpc) is 3.30. The lowest BCUT2D eigenvalue weighted by Gasteiger charge is -2.16. The quantitative estimate of drug-likeness (QED) is 0.313. The molecular weight excluding hydrogens is 384 g/mol. The maximum Gasteiger partial charge on any atom is 0.282 e. The highest BCUT2D eigenvalue weighted by Crippen LogP contribution is 2.25. The summed E-state index contributed by atoms with van der Waals surface area (Å²) in [5.74, 6) is -0.936. The van der Waals surface area contributed by atoms with Gasteiger partial charge in [0.1, 0.15) is 5.57 Å². The van der Waals surface area contributed by atoms with Gasteiger partial charge in [0.2, 0.25) is 0 Å². The Morgan fingerprint density at radius 3 is 2.33 bits per heavy atom. The number of aryl methyl sites for hydroxylation is 2. The van der Waals surface area contributed by atoms with E-state index in [0.717, 1.165) is 11.1 Å². The van der Waals surface area contributed by atoms with Crippen molar-refractivity contribution in [1.29, 1.82) is 0 Å². The second kappa shape index (κ2) is 7.32. The van der Waals surface area contributed by atoms with E-state index in [1.807, 2.05) is 26.0 Å². The van der Waals surface area contributed by atoms with Crippen LogP contribution in [0.1, 0.15) is 16.8 Å². The predicted octanol–water partition coefficient (Wildman–Crippen LogP) is 3.46. The van der Waals surface area contributed by atoms with E-state index in [4.69, 9.17) is 0 Å². The lowest BCUT2D eigenvalue weighted by molar-refractivity contribution is -0.384. The Morgan fingerprint density at radius 1 is 0.967 bits per heavy atom. The molecule has 0 unspecified atom stereocenters. The highest BCUT2D eigenvalue weighted by atomic mass is 16.6. The monoisotopic (exact) mass is 402 g/mol. The molecule has 1 saturated heterocycles. The minimum absolute atomic E-state index is 0.00934. The van der Waals surface area contributed by atoms with Crippen molar-refractivity contribution in [3.8, 4) is 5.69 Å². The number of hydrogen-bond acceptors (Lipinski definition) is 4. The van der Waals surface area contributed by atoms with Crippen LogP contribution in [0.3, 0.4) is 0 Å². The Labute approximate surface area is 172 Å². The summed E-state index contributed by atoms with van der Waals surface area (Å²) in [6.45, 7) is 3.91. The number of nitro groups is 1. The molecule has 3 aromatic rings. The number of carbonyl (C=O) groups excluding carboxylic acids is 2. The molecule has 0 aliphatic carbocycles. The first kappa shape index (κ1) is 19.1. The van der Waals surface area contributed by atoms with Gasteiger partial charge in [0.05, 0.1) is 10.6 Å². The van der Waals surface area contributed by atoms with Crippen LogP contribution in [0.5, 0.6) is 0 Å². The van der Waals surface area contributed by atoms with Crippen LogP contribution in [0.4, 0.5) is 11.4 Å². The summed E-state index contributed by atoms with van der Waals surface area (Å²) in [4.78, 5) is 35.8. The molecule has 2 heterocycles. The van der Waals surface area contributed by atoms with Crippen molar-refractivity contribution >= 4 is 29.3 Å². The molecule has 1 fully saturated rings.